The van der Waals surface area contributed by atoms with Crippen LogP contribution >= 0.6 is 11.3 Å². The Balaban J connectivity index is 2.07. The minimum atomic E-state index is -0.943. The lowest BCUT2D eigenvalue weighted by Gasteiger charge is -1.97. The summed E-state index contributed by atoms with van der Waals surface area (Å²) in [5, 5.41) is 22.0. The third kappa shape index (κ3) is 2.54. The summed E-state index contributed by atoms with van der Waals surface area (Å²) >= 11 is 1.48. The fraction of sp³-hybridized carbons (Fsp3) is 0.200. The molecular formula is C10H11N3O2S. The molecule has 2 rings (SSSR count). The molecule has 1 aromatic heterocycles. The van der Waals surface area contributed by atoms with E-state index in [1.807, 2.05) is 24.3 Å². The molecule has 2 aromatic rings. The summed E-state index contributed by atoms with van der Waals surface area (Å²) in [6.45, 7) is -0.342. The summed E-state index contributed by atoms with van der Waals surface area (Å²) < 4.78 is 1.07. The van der Waals surface area contributed by atoms with Gasteiger partial charge >= 0.3 is 0 Å². The summed E-state index contributed by atoms with van der Waals surface area (Å²) in [5.74, 6) is 0. The Morgan fingerprint density at radius 1 is 1.50 bits per heavy atom. The van der Waals surface area contributed by atoms with Gasteiger partial charge in [0.15, 0.2) is 0 Å². The van der Waals surface area contributed by atoms with E-state index in [9.17, 15) is 0 Å². The van der Waals surface area contributed by atoms with Crippen LogP contribution in [0.3, 0.4) is 0 Å². The number of aromatic nitrogens is 1. The van der Waals surface area contributed by atoms with Crippen molar-refractivity contribution in [2.45, 2.75) is 6.10 Å². The fourth-order valence-electron chi connectivity index (χ4n) is 1.15. The zero-order valence-electron chi connectivity index (χ0n) is 8.37. The zero-order valence-corrected chi connectivity index (χ0v) is 9.18. The summed E-state index contributed by atoms with van der Waals surface area (Å²) in [6.07, 6.45) is 0.286. The second kappa shape index (κ2) is 5.02. The SMILES string of the molecule is OC[C@H](O)/C=N/Nc1nc2ccccc2s1. The quantitative estimate of drug-likeness (QED) is 0.548. The van der Waals surface area contributed by atoms with Crippen LogP contribution in [0.15, 0.2) is 29.4 Å². The first-order valence-electron chi connectivity index (χ1n) is 4.73. The van der Waals surface area contributed by atoms with Crippen molar-refractivity contribution in [3.63, 3.8) is 0 Å². The van der Waals surface area contributed by atoms with Gasteiger partial charge in [-0.2, -0.15) is 5.10 Å². The Morgan fingerprint density at radius 3 is 3.06 bits per heavy atom. The Morgan fingerprint density at radius 2 is 2.31 bits per heavy atom. The number of rotatable bonds is 4. The molecule has 0 fully saturated rings. The molecule has 0 aliphatic rings. The number of fused-ring (bicyclic) bond motifs is 1. The predicted molar refractivity (Wildman–Crippen MR) is 64.8 cm³/mol. The van der Waals surface area contributed by atoms with Crippen LogP contribution in [0.25, 0.3) is 10.2 Å². The highest BCUT2D eigenvalue weighted by molar-refractivity contribution is 7.22. The second-order valence-corrected chi connectivity index (χ2v) is 4.16. The first kappa shape index (κ1) is 11.0. The van der Waals surface area contributed by atoms with E-state index in [0.29, 0.717) is 5.13 Å². The van der Waals surface area contributed by atoms with Gasteiger partial charge in [-0.05, 0) is 12.1 Å². The van der Waals surface area contributed by atoms with E-state index in [4.69, 9.17) is 10.2 Å². The lowest BCUT2D eigenvalue weighted by Crippen LogP contribution is -2.13. The van der Waals surface area contributed by atoms with Crippen LogP contribution in [-0.2, 0) is 0 Å². The first-order chi connectivity index (χ1) is 7.79. The summed E-state index contributed by atoms with van der Waals surface area (Å²) in [6, 6.07) is 7.77. The van der Waals surface area contributed by atoms with Gasteiger partial charge in [0.2, 0.25) is 5.13 Å². The number of aliphatic hydroxyl groups is 2. The van der Waals surface area contributed by atoms with Gasteiger partial charge in [0.05, 0.1) is 23.0 Å². The molecule has 0 amide bonds. The predicted octanol–water partition coefficient (Wildman–Crippen LogP) is 1.05. The Kier molecular flexibility index (Phi) is 3.45. The van der Waals surface area contributed by atoms with Gasteiger partial charge in [-0.15, -0.1) is 0 Å². The highest BCUT2D eigenvalue weighted by Crippen LogP contribution is 2.25. The van der Waals surface area contributed by atoms with E-state index in [1.165, 1.54) is 17.6 Å². The molecule has 0 aliphatic heterocycles. The van der Waals surface area contributed by atoms with Crippen molar-refractivity contribution in [3.05, 3.63) is 24.3 Å². The van der Waals surface area contributed by atoms with Crippen molar-refractivity contribution >= 4 is 32.9 Å². The average Bonchev–Trinajstić information content (AvgIpc) is 2.71. The van der Waals surface area contributed by atoms with Crippen LogP contribution in [0.5, 0.6) is 0 Å². The normalized spacial score (nSPS) is 13.4. The van der Waals surface area contributed by atoms with Crippen molar-refractivity contribution in [1.82, 2.24) is 4.98 Å². The molecule has 3 N–H and O–H groups in total. The number of nitrogens with zero attached hydrogens (tertiary/aromatic N) is 2. The third-order valence-corrected chi connectivity index (χ3v) is 2.83. The zero-order chi connectivity index (χ0) is 11.4. The summed E-state index contributed by atoms with van der Waals surface area (Å²) in [7, 11) is 0. The lowest BCUT2D eigenvalue weighted by atomic mass is 10.3. The highest BCUT2D eigenvalue weighted by Gasteiger charge is 2.01. The van der Waals surface area contributed by atoms with E-state index >= 15 is 0 Å². The number of hydrogen-bond acceptors (Lipinski definition) is 6. The molecule has 0 saturated carbocycles. The number of nitrogens with one attached hydrogen (secondary N) is 1. The third-order valence-electron chi connectivity index (χ3n) is 1.89. The van der Waals surface area contributed by atoms with Crippen LogP contribution in [0, 0.1) is 0 Å². The lowest BCUT2D eigenvalue weighted by molar-refractivity contribution is 0.148. The second-order valence-electron chi connectivity index (χ2n) is 3.13. The smallest absolute Gasteiger partial charge is 0.204 e. The molecule has 84 valence electrons. The van der Waals surface area contributed by atoms with E-state index < -0.39 is 6.10 Å². The van der Waals surface area contributed by atoms with Crippen molar-refractivity contribution in [3.8, 4) is 0 Å². The molecule has 0 saturated heterocycles. The Bertz CT molecular complexity index is 465. The largest absolute Gasteiger partial charge is 0.393 e. The number of benzene rings is 1. The van der Waals surface area contributed by atoms with E-state index in [1.54, 1.807) is 0 Å². The molecule has 5 nitrogen and oxygen atoms in total. The van der Waals surface area contributed by atoms with E-state index in [0.717, 1.165) is 10.2 Å². The maximum Gasteiger partial charge on any atom is 0.204 e. The standard InChI is InChI=1S/C10H11N3O2S/c14-6-7(15)5-11-13-10-12-8-3-1-2-4-9(8)16-10/h1-5,7,14-15H,6H2,(H,12,13)/b11-5+/t7-/m1/s1. The van der Waals surface area contributed by atoms with Gasteiger partial charge in [-0.1, -0.05) is 23.5 Å². The highest BCUT2D eigenvalue weighted by atomic mass is 32.1. The van der Waals surface area contributed by atoms with E-state index in [-0.39, 0.29) is 6.61 Å². The molecule has 0 bridgehead atoms. The van der Waals surface area contributed by atoms with Crippen molar-refractivity contribution in [2.24, 2.45) is 5.10 Å². The Hall–Kier alpha value is -1.50. The Labute approximate surface area is 96.1 Å². The van der Waals surface area contributed by atoms with Crippen LogP contribution in [0.1, 0.15) is 0 Å². The van der Waals surface area contributed by atoms with Crippen molar-refractivity contribution in [1.29, 1.82) is 0 Å². The number of aliphatic hydroxyl groups excluding tert-OH is 2. The summed E-state index contributed by atoms with van der Waals surface area (Å²) in [4.78, 5) is 4.28. The van der Waals surface area contributed by atoms with Crippen molar-refractivity contribution < 1.29 is 10.2 Å². The molecule has 0 radical (unpaired) electrons. The monoisotopic (exact) mass is 237 g/mol. The molecule has 16 heavy (non-hydrogen) atoms. The molecule has 0 spiro atoms. The topological polar surface area (TPSA) is 77.7 Å². The molecule has 1 aromatic carbocycles. The van der Waals surface area contributed by atoms with Crippen LogP contribution in [0.4, 0.5) is 5.13 Å². The molecule has 0 aliphatic carbocycles. The molecule has 0 unspecified atom stereocenters. The van der Waals surface area contributed by atoms with Crippen LogP contribution in [-0.4, -0.2) is 34.1 Å². The van der Waals surface area contributed by atoms with Crippen LogP contribution in [0.2, 0.25) is 0 Å². The maximum absolute atomic E-state index is 9.02. The van der Waals surface area contributed by atoms with Gasteiger partial charge in [0, 0.05) is 0 Å². The fourth-order valence-corrected chi connectivity index (χ4v) is 1.96. The van der Waals surface area contributed by atoms with Crippen LogP contribution < -0.4 is 5.43 Å². The first-order valence-corrected chi connectivity index (χ1v) is 5.55. The number of hydrazone groups is 1. The minimum Gasteiger partial charge on any atom is -0.393 e. The van der Waals surface area contributed by atoms with Gasteiger partial charge in [0.1, 0.15) is 6.10 Å². The van der Waals surface area contributed by atoms with Gasteiger partial charge in [-0.25, -0.2) is 4.98 Å². The minimum absolute atomic E-state index is 0.342. The number of anilines is 1. The van der Waals surface area contributed by atoms with Gasteiger partial charge in [-0.3, -0.25) is 5.43 Å². The molecular weight excluding hydrogens is 226 g/mol. The number of thiazole rings is 1. The molecule has 6 heteroatoms. The number of para-hydroxylation sites is 1. The van der Waals surface area contributed by atoms with E-state index in [2.05, 4.69) is 15.5 Å². The number of hydrogen-bond donors (Lipinski definition) is 3. The van der Waals surface area contributed by atoms with Crippen molar-refractivity contribution in [2.75, 3.05) is 12.0 Å². The molecule has 1 atom stereocenters. The van der Waals surface area contributed by atoms with Gasteiger partial charge in [0.25, 0.3) is 0 Å². The van der Waals surface area contributed by atoms with Gasteiger partial charge < -0.3 is 10.2 Å². The summed E-state index contributed by atoms with van der Waals surface area (Å²) in [5.41, 5.74) is 3.62. The molecule has 1 heterocycles. The maximum atomic E-state index is 9.02. The average molecular weight is 237 g/mol.